The highest BCUT2D eigenvalue weighted by Crippen LogP contribution is 2.37. The van der Waals surface area contributed by atoms with E-state index in [2.05, 4.69) is 4.72 Å². The van der Waals surface area contributed by atoms with Crippen molar-refractivity contribution in [1.82, 2.24) is 9.29 Å². The summed E-state index contributed by atoms with van der Waals surface area (Å²) in [4.78, 5) is 11.2. The summed E-state index contributed by atoms with van der Waals surface area (Å²) in [6.45, 7) is 2.24. The quantitative estimate of drug-likeness (QED) is 0.796. The Morgan fingerprint density at radius 1 is 1.60 bits per heavy atom. The Kier molecular flexibility index (Phi) is 4.46. The third-order valence-electron chi connectivity index (χ3n) is 3.26. The number of nitrogens with one attached hydrogen (secondary N) is 1. The molecule has 0 saturated heterocycles. The van der Waals surface area contributed by atoms with Crippen LogP contribution in [0.1, 0.15) is 36.3 Å². The van der Waals surface area contributed by atoms with Crippen LogP contribution in [0.3, 0.4) is 0 Å². The van der Waals surface area contributed by atoms with E-state index in [1.807, 2.05) is 13.2 Å². The monoisotopic (exact) mass is 318 g/mol. The highest BCUT2D eigenvalue weighted by Gasteiger charge is 2.30. The van der Waals surface area contributed by atoms with Gasteiger partial charge in [-0.25, -0.2) is 17.9 Å². The van der Waals surface area contributed by atoms with E-state index in [1.54, 1.807) is 16.3 Å². The minimum atomic E-state index is -3.65. The van der Waals surface area contributed by atoms with Crippen LogP contribution >= 0.6 is 11.8 Å². The van der Waals surface area contributed by atoms with Gasteiger partial charge < -0.3 is 9.67 Å². The minimum absolute atomic E-state index is 0.0232. The Labute approximate surface area is 122 Å². The van der Waals surface area contributed by atoms with E-state index in [1.165, 1.54) is 12.3 Å². The number of thioether (sulfide) groups is 1. The predicted molar refractivity (Wildman–Crippen MR) is 77.8 cm³/mol. The summed E-state index contributed by atoms with van der Waals surface area (Å²) in [5.41, 5.74) is 0.0331. The van der Waals surface area contributed by atoms with Crippen molar-refractivity contribution in [1.29, 1.82) is 0 Å². The summed E-state index contributed by atoms with van der Waals surface area (Å²) < 4.78 is 28.4. The first kappa shape index (κ1) is 15.4. The van der Waals surface area contributed by atoms with Crippen molar-refractivity contribution in [3.05, 3.63) is 18.0 Å². The fourth-order valence-corrected chi connectivity index (χ4v) is 3.33. The number of sulfonamides is 1. The van der Waals surface area contributed by atoms with Crippen LogP contribution in [0.25, 0.3) is 0 Å². The van der Waals surface area contributed by atoms with Crippen LogP contribution < -0.4 is 4.72 Å². The highest BCUT2D eigenvalue weighted by molar-refractivity contribution is 7.99. The molecule has 0 aliphatic heterocycles. The lowest BCUT2D eigenvalue weighted by atomic mass is 10.4. The van der Waals surface area contributed by atoms with E-state index in [0.717, 1.165) is 12.8 Å². The zero-order valence-electron chi connectivity index (χ0n) is 11.4. The van der Waals surface area contributed by atoms with Crippen molar-refractivity contribution in [2.45, 2.75) is 36.0 Å². The van der Waals surface area contributed by atoms with Gasteiger partial charge >= 0.3 is 5.97 Å². The van der Waals surface area contributed by atoms with Crippen molar-refractivity contribution in [2.75, 3.05) is 12.8 Å². The van der Waals surface area contributed by atoms with E-state index >= 15 is 0 Å². The number of aromatic nitrogens is 1. The fraction of sp³-hybridized carbons (Fsp3) is 0.583. The van der Waals surface area contributed by atoms with Crippen molar-refractivity contribution in [3.63, 3.8) is 0 Å². The normalized spacial score (nSPS) is 17.1. The van der Waals surface area contributed by atoms with Gasteiger partial charge in [-0.2, -0.15) is 11.8 Å². The molecule has 6 nitrogen and oxygen atoms in total. The average molecular weight is 318 g/mol. The molecule has 112 valence electrons. The number of aromatic carboxylic acids is 1. The van der Waals surface area contributed by atoms with Gasteiger partial charge in [-0.1, -0.05) is 6.92 Å². The largest absolute Gasteiger partial charge is 0.477 e. The van der Waals surface area contributed by atoms with Gasteiger partial charge in [0.05, 0.1) is 0 Å². The number of carboxylic acid groups (broad SMARTS) is 1. The number of rotatable bonds is 7. The first-order valence-electron chi connectivity index (χ1n) is 6.32. The molecule has 20 heavy (non-hydrogen) atoms. The van der Waals surface area contributed by atoms with Gasteiger partial charge in [-0.15, -0.1) is 0 Å². The van der Waals surface area contributed by atoms with E-state index in [4.69, 9.17) is 5.11 Å². The van der Waals surface area contributed by atoms with Crippen molar-refractivity contribution in [2.24, 2.45) is 0 Å². The third-order valence-corrected chi connectivity index (χ3v) is 5.62. The Morgan fingerprint density at radius 2 is 2.25 bits per heavy atom. The molecule has 8 heteroatoms. The topological polar surface area (TPSA) is 88.4 Å². The molecule has 1 unspecified atom stereocenters. The fourth-order valence-electron chi connectivity index (χ4n) is 1.82. The summed E-state index contributed by atoms with van der Waals surface area (Å²) in [7, 11) is -3.65. The van der Waals surface area contributed by atoms with Crippen molar-refractivity contribution in [3.8, 4) is 0 Å². The molecule has 1 atom stereocenters. The number of hydrogen-bond acceptors (Lipinski definition) is 4. The van der Waals surface area contributed by atoms with Gasteiger partial charge in [0.2, 0.25) is 10.0 Å². The first-order valence-corrected chi connectivity index (χ1v) is 9.10. The lowest BCUT2D eigenvalue weighted by molar-refractivity contribution is 0.0685. The molecular weight excluding hydrogens is 300 g/mol. The lowest BCUT2D eigenvalue weighted by Gasteiger charge is -2.09. The van der Waals surface area contributed by atoms with Crippen LogP contribution in [0, 0.1) is 0 Å². The maximum atomic E-state index is 12.2. The predicted octanol–water partition coefficient (Wildman–Crippen LogP) is 1.55. The molecule has 2 rings (SSSR count). The standard InChI is InChI=1S/C12H18N2O4S2/c1-8(19-2)6-13-20(17,18)10-5-11(12(15)16)14(7-10)9-3-4-9/h5,7-9,13H,3-4,6H2,1-2H3,(H,15,16). The van der Waals surface area contributed by atoms with Gasteiger partial charge in [-0.3, -0.25) is 0 Å². The second kappa shape index (κ2) is 5.79. The van der Waals surface area contributed by atoms with Crippen LogP contribution in [0.2, 0.25) is 0 Å². The van der Waals surface area contributed by atoms with E-state index in [0.29, 0.717) is 6.54 Å². The zero-order valence-corrected chi connectivity index (χ0v) is 13.0. The van der Waals surface area contributed by atoms with E-state index in [9.17, 15) is 13.2 Å². The number of hydrogen-bond donors (Lipinski definition) is 2. The third kappa shape index (κ3) is 3.36. The van der Waals surface area contributed by atoms with Crippen LogP contribution in [0.4, 0.5) is 0 Å². The molecule has 1 aromatic heterocycles. The maximum Gasteiger partial charge on any atom is 0.352 e. The second-order valence-corrected chi connectivity index (χ2v) is 7.95. The summed E-state index contributed by atoms with van der Waals surface area (Å²) in [6.07, 6.45) is 5.12. The molecule has 1 aliphatic carbocycles. The summed E-state index contributed by atoms with van der Waals surface area (Å²) >= 11 is 1.56. The smallest absolute Gasteiger partial charge is 0.352 e. The Morgan fingerprint density at radius 3 is 2.75 bits per heavy atom. The second-order valence-electron chi connectivity index (χ2n) is 4.90. The van der Waals surface area contributed by atoms with Crippen LogP contribution in [0.5, 0.6) is 0 Å². The Hall–Kier alpha value is -0.990. The number of nitrogens with zero attached hydrogens (tertiary/aromatic N) is 1. The van der Waals surface area contributed by atoms with Crippen LogP contribution in [0.15, 0.2) is 17.2 Å². The van der Waals surface area contributed by atoms with Gasteiger partial charge in [0.1, 0.15) is 10.6 Å². The zero-order chi connectivity index (χ0) is 14.9. The average Bonchev–Trinajstić information content (AvgIpc) is 3.13. The molecule has 2 N–H and O–H groups in total. The van der Waals surface area contributed by atoms with Crippen LogP contribution in [-0.2, 0) is 10.0 Å². The molecule has 0 radical (unpaired) electrons. The lowest BCUT2D eigenvalue weighted by Crippen LogP contribution is -2.29. The summed E-state index contributed by atoms with van der Waals surface area (Å²) in [5, 5.41) is 9.30. The molecule has 0 amide bonds. The molecule has 1 aliphatic rings. The number of carboxylic acids is 1. The SMILES string of the molecule is CSC(C)CNS(=O)(=O)c1cc(C(=O)O)n(C2CC2)c1. The van der Waals surface area contributed by atoms with Gasteiger partial charge in [0, 0.05) is 24.0 Å². The van der Waals surface area contributed by atoms with E-state index < -0.39 is 16.0 Å². The van der Waals surface area contributed by atoms with Crippen molar-refractivity contribution < 1.29 is 18.3 Å². The Balaban J connectivity index is 2.23. The molecule has 0 spiro atoms. The molecular formula is C12H18N2O4S2. The molecule has 1 fully saturated rings. The summed E-state index contributed by atoms with van der Waals surface area (Å²) in [6, 6.07) is 1.35. The van der Waals surface area contributed by atoms with E-state index in [-0.39, 0.29) is 21.9 Å². The maximum absolute atomic E-state index is 12.2. The van der Waals surface area contributed by atoms with Gasteiger partial charge in [0.25, 0.3) is 0 Å². The van der Waals surface area contributed by atoms with Crippen molar-refractivity contribution >= 4 is 27.8 Å². The minimum Gasteiger partial charge on any atom is -0.477 e. The summed E-state index contributed by atoms with van der Waals surface area (Å²) in [5.74, 6) is -1.10. The molecule has 0 bridgehead atoms. The number of carbonyl (C=O) groups is 1. The Bertz CT molecular complexity index is 605. The highest BCUT2D eigenvalue weighted by atomic mass is 32.2. The molecule has 1 aromatic rings. The molecule has 0 aromatic carbocycles. The van der Waals surface area contributed by atoms with Gasteiger partial charge in [0.15, 0.2) is 0 Å². The molecule has 1 saturated carbocycles. The molecule has 1 heterocycles. The first-order chi connectivity index (χ1) is 9.35. The van der Waals surface area contributed by atoms with Crippen LogP contribution in [-0.4, -0.2) is 42.1 Å². The van der Waals surface area contributed by atoms with Gasteiger partial charge in [-0.05, 0) is 25.2 Å².